The first-order chi connectivity index (χ1) is 53.6. The summed E-state index contributed by atoms with van der Waals surface area (Å²) in [7, 11) is -9.94. The van der Waals surface area contributed by atoms with Crippen LogP contribution >= 0.6 is 15.6 Å². The van der Waals surface area contributed by atoms with E-state index in [1.807, 2.05) is 0 Å². The number of hydrogen-bond donors (Lipinski definition) is 3. The molecule has 0 aromatic carbocycles. The topological polar surface area (TPSA) is 237 Å². The average Bonchev–Trinajstić information content (AvgIpc) is 0.898. The summed E-state index contributed by atoms with van der Waals surface area (Å²) in [6, 6.07) is 0. The van der Waals surface area contributed by atoms with Crippen LogP contribution in [-0.2, 0) is 65.4 Å². The number of carbonyl (C=O) groups excluding carboxylic acids is 4. The zero-order valence-electron chi connectivity index (χ0n) is 73.6. The van der Waals surface area contributed by atoms with Gasteiger partial charge in [0.1, 0.15) is 19.3 Å². The molecule has 0 aromatic rings. The molecule has 0 aromatic heterocycles. The van der Waals surface area contributed by atoms with Crippen LogP contribution in [0.3, 0.4) is 0 Å². The van der Waals surface area contributed by atoms with Gasteiger partial charge in [-0.2, -0.15) is 0 Å². The molecule has 0 spiro atoms. The van der Waals surface area contributed by atoms with Crippen molar-refractivity contribution in [2.45, 2.75) is 504 Å². The number of carbonyl (C=O) groups is 4. The van der Waals surface area contributed by atoms with Crippen molar-refractivity contribution in [1.82, 2.24) is 0 Å². The van der Waals surface area contributed by atoms with Crippen LogP contribution in [0.5, 0.6) is 0 Å². The van der Waals surface area contributed by atoms with Gasteiger partial charge in [0.25, 0.3) is 0 Å². The fourth-order valence-corrected chi connectivity index (χ4v) is 15.9. The van der Waals surface area contributed by atoms with Gasteiger partial charge in [0.15, 0.2) is 12.2 Å². The third-order valence-corrected chi connectivity index (χ3v) is 23.8. The van der Waals surface area contributed by atoms with Crippen molar-refractivity contribution >= 4 is 39.5 Å². The Morgan fingerprint density at radius 1 is 0.252 bits per heavy atom. The Morgan fingerprint density at radius 2 is 0.432 bits per heavy atom. The molecule has 0 fully saturated rings. The molecule has 0 aliphatic heterocycles. The van der Waals surface area contributed by atoms with Crippen LogP contribution in [-0.4, -0.2) is 96.7 Å². The highest BCUT2D eigenvalue weighted by Gasteiger charge is 2.31. The predicted octanol–water partition coefficient (Wildman–Crippen LogP) is 28.3. The summed E-state index contributed by atoms with van der Waals surface area (Å²) in [6.07, 6.45) is 72.2. The quantitative estimate of drug-likeness (QED) is 0.0222. The van der Waals surface area contributed by atoms with Crippen molar-refractivity contribution in [1.29, 1.82) is 0 Å². The van der Waals surface area contributed by atoms with Crippen molar-refractivity contribution in [3.8, 4) is 0 Å². The van der Waals surface area contributed by atoms with Gasteiger partial charge in [-0.1, -0.05) is 434 Å². The van der Waals surface area contributed by atoms with Gasteiger partial charge in [0, 0.05) is 25.7 Å². The van der Waals surface area contributed by atoms with E-state index in [-0.39, 0.29) is 25.7 Å². The van der Waals surface area contributed by atoms with Gasteiger partial charge in [-0.15, -0.1) is 0 Å². The Labute approximate surface area is 683 Å². The number of hydrogen-bond acceptors (Lipinski definition) is 15. The highest BCUT2D eigenvalue weighted by molar-refractivity contribution is 7.47. The van der Waals surface area contributed by atoms with E-state index in [4.69, 9.17) is 37.0 Å². The van der Waals surface area contributed by atoms with Gasteiger partial charge in [-0.05, 0) is 49.4 Å². The molecule has 0 bridgehead atoms. The lowest BCUT2D eigenvalue weighted by Gasteiger charge is -2.21. The van der Waals surface area contributed by atoms with Crippen LogP contribution < -0.4 is 0 Å². The molecule has 17 nitrogen and oxygen atoms in total. The Morgan fingerprint density at radius 3 is 0.640 bits per heavy atom. The second-order valence-corrected chi connectivity index (χ2v) is 37.6. The number of aliphatic hydroxyl groups excluding tert-OH is 1. The number of unbranched alkanes of at least 4 members (excludes halogenated alkanes) is 54. The van der Waals surface area contributed by atoms with Crippen LogP contribution in [0, 0.1) is 23.7 Å². The average molecular weight is 1620 g/mol. The summed E-state index contributed by atoms with van der Waals surface area (Å²) in [5.74, 6) is 1.12. The zero-order valence-corrected chi connectivity index (χ0v) is 75.4. The van der Waals surface area contributed by atoms with E-state index in [1.54, 1.807) is 0 Å². The smallest absolute Gasteiger partial charge is 0.462 e. The molecule has 0 saturated heterocycles. The Balaban J connectivity index is 5.25. The largest absolute Gasteiger partial charge is 0.472 e. The molecule has 19 heteroatoms. The highest BCUT2D eigenvalue weighted by atomic mass is 31.2. The van der Waals surface area contributed by atoms with E-state index < -0.39 is 97.5 Å². The summed E-state index contributed by atoms with van der Waals surface area (Å²) in [5.41, 5.74) is 0. The summed E-state index contributed by atoms with van der Waals surface area (Å²) >= 11 is 0. The third kappa shape index (κ3) is 84.3. The third-order valence-electron chi connectivity index (χ3n) is 21.9. The Bertz CT molecular complexity index is 2150. The first-order valence-electron chi connectivity index (χ1n) is 47.2. The maximum absolute atomic E-state index is 13.2. The second kappa shape index (κ2) is 80.5. The van der Waals surface area contributed by atoms with Crippen molar-refractivity contribution in [2.24, 2.45) is 23.7 Å². The fourth-order valence-electron chi connectivity index (χ4n) is 14.3. The van der Waals surface area contributed by atoms with Gasteiger partial charge >= 0.3 is 39.5 Å². The van der Waals surface area contributed by atoms with E-state index in [9.17, 15) is 43.2 Å². The van der Waals surface area contributed by atoms with E-state index in [0.29, 0.717) is 25.7 Å². The monoisotopic (exact) mass is 1620 g/mol. The molecule has 3 N–H and O–H groups in total. The molecule has 0 rings (SSSR count). The molecule has 3 unspecified atom stereocenters. The van der Waals surface area contributed by atoms with Crippen LogP contribution in [0.25, 0.3) is 0 Å². The summed E-state index contributed by atoms with van der Waals surface area (Å²) in [6.45, 7) is 14.4. The van der Waals surface area contributed by atoms with Crippen molar-refractivity contribution in [3.05, 3.63) is 0 Å². The molecule has 0 aliphatic carbocycles. The lowest BCUT2D eigenvalue weighted by atomic mass is 9.99. The molecule has 0 radical (unpaired) electrons. The van der Waals surface area contributed by atoms with Crippen LogP contribution in [0.15, 0.2) is 0 Å². The van der Waals surface area contributed by atoms with Gasteiger partial charge < -0.3 is 33.8 Å². The lowest BCUT2D eigenvalue weighted by Crippen LogP contribution is -2.30. The first-order valence-corrected chi connectivity index (χ1v) is 50.2. The molecule has 111 heavy (non-hydrogen) atoms. The van der Waals surface area contributed by atoms with Gasteiger partial charge in [-0.3, -0.25) is 37.3 Å². The first kappa shape index (κ1) is 109. The normalized spacial score (nSPS) is 14.1. The highest BCUT2D eigenvalue weighted by Crippen LogP contribution is 2.45. The standard InChI is InChI=1S/C92H180O17P2/c1-9-85(8)71-63-55-47-42-43-49-57-65-73-90(95)103-79-88(109-92(97)75-67-59-51-41-35-29-23-22-26-32-38-46-54-62-70-84(6)7)81-107-111(100,101)105-77-86(93)76-104-110(98,99)106-80-87(108-91(96)74-66-58-50-40-34-28-21-17-13-11-15-19-25-31-37-45-53-61-69-83(4)5)78-102-89(94)72-64-56-48-39-33-27-20-16-12-10-14-18-24-30-36-44-52-60-68-82(2)3/h82-88,93H,9-81H2,1-8H3,(H,98,99)(H,100,101)/t85?,86-,87-,88-/m1/s1. The SMILES string of the molecule is CCC(C)CCCCCCCCCCC(=O)OC[C@H](COP(=O)(O)OC[C@H](O)COP(=O)(O)OC[C@@H](COC(=O)CCCCCCCCCCCCCCCCCCCCC(C)C)OC(=O)CCCCCCCCCCCCCCCCCCCCC(C)C)OC(=O)CCCCCCCCCCCCCCCCC(C)C. The molecule has 660 valence electrons. The molecule has 0 heterocycles. The maximum Gasteiger partial charge on any atom is 0.472 e. The van der Waals surface area contributed by atoms with Crippen LogP contribution in [0.2, 0.25) is 0 Å². The molecular formula is C92H180O17P2. The molecule has 0 aliphatic rings. The summed E-state index contributed by atoms with van der Waals surface area (Å²) < 4.78 is 69.1. The van der Waals surface area contributed by atoms with Gasteiger partial charge in [-0.25, -0.2) is 9.13 Å². The Hall–Kier alpha value is -1.94. The van der Waals surface area contributed by atoms with E-state index in [0.717, 1.165) is 114 Å². The van der Waals surface area contributed by atoms with Crippen molar-refractivity contribution in [2.75, 3.05) is 39.6 Å². The summed E-state index contributed by atoms with van der Waals surface area (Å²) in [5, 5.41) is 10.7. The Kier molecular flexibility index (Phi) is 79.1. The maximum atomic E-state index is 13.2. The zero-order chi connectivity index (χ0) is 81.6. The number of ether oxygens (including phenoxy) is 4. The second-order valence-electron chi connectivity index (χ2n) is 34.7. The number of rotatable bonds is 89. The molecule has 0 saturated carbocycles. The van der Waals surface area contributed by atoms with E-state index >= 15 is 0 Å². The number of phosphoric ester groups is 2. The minimum atomic E-state index is -4.97. The van der Waals surface area contributed by atoms with Crippen molar-refractivity contribution in [3.63, 3.8) is 0 Å². The predicted molar refractivity (Wildman–Crippen MR) is 460 cm³/mol. The van der Waals surface area contributed by atoms with E-state index in [1.165, 1.54) is 289 Å². The fraction of sp³-hybridized carbons (Fsp3) is 0.957. The number of phosphoric acid groups is 2. The van der Waals surface area contributed by atoms with Gasteiger partial charge in [0.2, 0.25) is 0 Å². The van der Waals surface area contributed by atoms with E-state index in [2.05, 4.69) is 55.4 Å². The minimum absolute atomic E-state index is 0.107. The minimum Gasteiger partial charge on any atom is -0.462 e. The lowest BCUT2D eigenvalue weighted by molar-refractivity contribution is -0.161. The van der Waals surface area contributed by atoms with Crippen LogP contribution in [0.1, 0.15) is 486 Å². The summed E-state index contributed by atoms with van der Waals surface area (Å²) in [4.78, 5) is 73.5. The van der Waals surface area contributed by atoms with Crippen LogP contribution in [0.4, 0.5) is 0 Å². The van der Waals surface area contributed by atoms with Crippen molar-refractivity contribution < 1.29 is 80.2 Å². The molecular weight excluding hydrogens is 1440 g/mol. The number of aliphatic hydroxyl groups is 1. The number of esters is 4. The molecule has 6 atom stereocenters. The molecule has 0 amide bonds. The van der Waals surface area contributed by atoms with Gasteiger partial charge in [0.05, 0.1) is 26.4 Å².